The molecule has 0 atom stereocenters. The molecule has 4 heteroatoms. The molecule has 0 aliphatic carbocycles. The van der Waals surface area contributed by atoms with Crippen molar-refractivity contribution in [2.75, 3.05) is 0 Å². The van der Waals surface area contributed by atoms with Crippen molar-refractivity contribution in [1.29, 1.82) is 0 Å². The van der Waals surface area contributed by atoms with Gasteiger partial charge in [0, 0.05) is 0 Å². The predicted octanol–water partition coefficient (Wildman–Crippen LogP) is -3.16. The van der Waals surface area contributed by atoms with E-state index >= 15 is 0 Å². The Morgan fingerprint density at radius 1 is 1.50 bits per heavy atom. The van der Waals surface area contributed by atoms with Crippen LogP contribution in [0.1, 0.15) is 4.28 Å². The molecule has 0 rings (SSSR count). The van der Waals surface area contributed by atoms with Crippen molar-refractivity contribution < 1.29 is 42.4 Å². The fourth-order valence-electron chi connectivity index (χ4n) is 0. The summed E-state index contributed by atoms with van der Waals surface area (Å²) in [6, 6.07) is 0. The molecule has 0 heterocycles. The van der Waals surface area contributed by atoms with Crippen LogP contribution in [0.15, 0.2) is 0 Å². The molecule has 1 nitrogen and oxygen atoms in total. The van der Waals surface area contributed by atoms with E-state index in [-0.39, 0.29) is 46.2 Å². The van der Waals surface area contributed by atoms with Gasteiger partial charge in [0.25, 0.3) is 0 Å². The van der Waals surface area contributed by atoms with Crippen LogP contribution in [0.4, 0.5) is 0 Å². The number of rotatable bonds is 0. The van der Waals surface area contributed by atoms with Crippen molar-refractivity contribution in [1.82, 2.24) is 0 Å². The first-order chi connectivity index (χ1) is 1.00. The van der Waals surface area contributed by atoms with E-state index in [1.54, 1.807) is 0 Å². The van der Waals surface area contributed by atoms with E-state index < -0.39 is 0 Å². The average molecular weight is 109 g/mol. The van der Waals surface area contributed by atoms with Crippen molar-refractivity contribution in [3.05, 3.63) is 0 Å². The van der Waals surface area contributed by atoms with Crippen LogP contribution < -0.4 is 18.9 Å². The molecule has 22 valence electrons. The molecular weight excluding hydrogens is 106 g/mol. The Balaban J connectivity index is -0.000000000500. The third-order valence-corrected chi connectivity index (χ3v) is 0. The SMILES string of the molecule is [H-].[H-].[H-].[Li+].[Mg+2].[O]=[Ni]. The second kappa shape index (κ2) is 22.7. The Bertz CT molecular complexity index is 14.9. The number of hydrogen-bond acceptors (Lipinski definition) is 1. The van der Waals surface area contributed by atoms with E-state index in [1.165, 1.54) is 0 Å². The molecule has 0 N–H and O–H groups in total. The molecule has 0 radical (unpaired) electrons. The standard InChI is InChI=1S/Li.Mg.Ni.O.3H/q+1;+2;;;3*-1. The minimum atomic E-state index is 0. The quantitative estimate of drug-likeness (QED) is 0.300. The van der Waals surface area contributed by atoms with Gasteiger partial charge in [-0.1, -0.05) is 0 Å². The first kappa shape index (κ1) is 17.4. The summed E-state index contributed by atoms with van der Waals surface area (Å²) in [4.78, 5) is 0. The second-order valence-electron chi connectivity index (χ2n) is 0. The van der Waals surface area contributed by atoms with Gasteiger partial charge in [-0.25, -0.2) is 0 Å². The molecule has 0 saturated carbocycles. The summed E-state index contributed by atoms with van der Waals surface area (Å²) in [5.74, 6) is 0. The molecule has 0 fully saturated rings. The summed E-state index contributed by atoms with van der Waals surface area (Å²) in [6.45, 7) is 0. The molecule has 0 aromatic rings. The van der Waals surface area contributed by atoms with Crippen LogP contribution in [-0.4, -0.2) is 23.1 Å². The van der Waals surface area contributed by atoms with Gasteiger partial charge in [0.15, 0.2) is 0 Å². The molecule has 0 saturated heterocycles. The van der Waals surface area contributed by atoms with Gasteiger partial charge in [-0.2, -0.15) is 0 Å². The maximum atomic E-state index is 7.88. The monoisotopic (exact) mass is 108 g/mol. The Kier molecular flexibility index (Phi) is 98.5. The molecule has 0 bridgehead atoms. The first-order valence-corrected chi connectivity index (χ1v) is 0.532. The van der Waals surface area contributed by atoms with E-state index in [9.17, 15) is 0 Å². The van der Waals surface area contributed by atoms with Gasteiger partial charge >= 0.3 is 61.2 Å². The van der Waals surface area contributed by atoms with E-state index in [0.717, 1.165) is 0 Å². The summed E-state index contributed by atoms with van der Waals surface area (Å²) < 4.78 is 7.88. The van der Waals surface area contributed by atoms with E-state index in [0.29, 0.717) is 0 Å². The van der Waals surface area contributed by atoms with E-state index in [4.69, 9.17) is 3.90 Å². The van der Waals surface area contributed by atoms with Crippen molar-refractivity contribution in [3.8, 4) is 0 Å². The van der Waals surface area contributed by atoms with Crippen LogP contribution in [0.2, 0.25) is 0 Å². The van der Waals surface area contributed by atoms with Crippen LogP contribution in [0, 0.1) is 0 Å². The van der Waals surface area contributed by atoms with Crippen molar-refractivity contribution >= 4 is 23.1 Å². The zero-order valence-corrected chi connectivity index (χ0v) is 4.83. The summed E-state index contributed by atoms with van der Waals surface area (Å²) in [5.41, 5.74) is 0. The van der Waals surface area contributed by atoms with Gasteiger partial charge in [0.05, 0.1) is 0 Å². The third-order valence-electron chi connectivity index (χ3n) is 0. The molecule has 0 aromatic carbocycles. The molecule has 0 unspecified atom stereocenters. The first-order valence-electron chi connectivity index (χ1n) is 0.129. The molecule has 4 heavy (non-hydrogen) atoms. The van der Waals surface area contributed by atoms with Crippen molar-refractivity contribution in [3.63, 3.8) is 0 Å². The maximum absolute atomic E-state index is 7.88. The Morgan fingerprint density at radius 2 is 1.50 bits per heavy atom. The Morgan fingerprint density at radius 3 is 1.50 bits per heavy atom. The third kappa shape index (κ3) is 9.40. The van der Waals surface area contributed by atoms with Gasteiger partial charge in [-0.15, -0.1) is 0 Å². The molecule has 0 amide bonds. The van der Waals surface area contributed by atoms with Gasteiger partial charge in [0.2, 0.25) is 0 Å². The Hall–Kier alpha value is 1.66. The van der Waals surface area contributed by atoms with Crippen LogP contribution in [0.5, 0.6) is 0 Å². The molecule has 0 aliphatic rings. The fourth-order valence-corrected chi connectivity index (χ4v) is 0. The molecule has 0 aliphatic heterocycles. The fraction of sp³-hybridized carbons (Fsp3) is 0. The average Bonchev–Trinajstić information content (AvgIpc) is 1.00. The predicted molar refractivity (Wildman–Crippen MR) is 9.78 cm³/mol. The van der Waals surface area contributed by atoms with Crippen LogP contribution in [-0.2, 0) is 19.3 Å². The van der Waals surface area contributed by atoms with Crippen LogP contribution in [0.3, 0.4) is 0 Å². The van der Waals surface area contributed by atoms with Gasteiger partial charge in [0.1, 0.15) is 0 Å². The summed E-state index contributed by atoms with van der Waals surface area (Å²) >= 11 is 2.62. The van der Waals surface area contributed by atoms with Gasteiger partial charge in [-0.05, 0) is 0 Å². The second-order valence-corrected chi connectivity index (χ2v) is 0. The molecule has 0 spiro atoms. The molecular formula is H3LiMgNiO. The zero-order valence-electron chi connectivity index (χ0n) is 5.43. The van der Waals surface area contributed by atoms with Crippen LogP contribution >= 0.6 is 0 Å². The molecule has 0 aromatic heterocycles. The summed E-state index contributed by atoms with van der Waals surface area (Å²) in [5, 5.41) is 0. The topological polar surface area (TPSA) is 17.1 Å². The van der Waals surface area contributed by atoms with Crippen molar-refractivity contribution in [2.24, 2.45) is 0 Å². The minimum absolute atomic E-state index is 0. The van der Waals surface area contributed by atoms with Crippen molar-refractivity contribution in [2.45, 2.75) is 0 Å². The zero-order chi connectivity index (χ0) is 2.00. The van der Waals surface area contributed by atoms with E-state index in [1.807, 2.05) is 0 Å². The summed E-state index contributed by atoms with van der Waals surface area (Å²) in [7, 11) is 0. The van der Waals surface area contributed by atoms with Crippen LogP contribution in [0.25, 0.3) is 0 Å². The van der Waals surface area contributed by atoms with Gasteiger partial charge in [-0.3, -0.25) is 0 Å². The van der Waals surface area contributed by atoms with E-state index in [2.05, 4.69) is 15.4 Å². The van der Waals surface area contributed by atoms with Gasteiger partial charge < -0.3 is 4.28 Å². The Labute approximate surface area is 65.2 Å². The normalized spacial score (nSPS) is 1.50. The summed E-state index contributed by atoms with van der Waals surface area (Å²) in [6.07, 6.45) is 0. The number of hydrogen-bond donors (Lipinski definition) is 0.